The molecule has 2 saturated carbocycles. The van der Waals surface area contributed by atoms with E-state index >= 15 is 0 Å². The number of hydrogen-bond donors (Lipinski definition) is 1. The zero-order valence-electron chi connectivity index (χ0n) is 11.3. The number of halogens is 1. The Hall–Kier alpha value is 0.180. The molecule has 98 valence electrons. The van der Waals surface area contributed by atoms with Crippen molar-refractivity contribution in [2.45, 2.75) is 63.3 Å². The van der Waals surface area contributed by atoms with E-state index < -0.39 is 5.60 Å². The van der Waals surface area contributed by atoms with Gasteiger partial charge in [-0.2, -0.15) is 0 Å². The molecule has 2 heteroatoms. The summed E-state index contributed by atoms with van der Waals surface area (Å²) < 4.78 is 0. The van der Waals surface area contributed by atoms with Gasteiger partial charge in [0.15, 0.2) is 0 Å². The van der Waals surface area contributed by atoms with Crippen LogP contribution >= 0.6 is 15.9 Å². The fourth-order valence-corrected chi connectivity index (χ4v) is 4.60. The van der Waals surface area contributed by atoms with Crippen LogP contribution in [0.25, 0.3) is 0 Å². The Kier molecular flexibility index (Phi) is 3.51. The minimum atomic E-state index is -0.513. The van der Waals surface area contributed by atoms with E-state index in [1.165, 1.54) is 18.4 Å². The summed E-state index contributed by atoms with van der Waals surface area (Å²) in [4.78, 5) is 0.462. The first kappa shape index (κ1) is 13.6. The van der Waals surface area contributed by atoms with E-state index in [4.69, 9.17) is 0 Å². The first-order chi connectivity index (χ1) is 7.80. The molecule has 2 fully saturated rings. The Morgan fingerprint density at radius 2 is 1.94 bits per heavy atom. The minimum absolute atomic E-state index is 0.114. The zero-order valence-corrected chi connectivity index (χ0v) is 12.9. The van der Waals surface area contributed by atoms with E-state index in [9.17, 15) is 5.11 Å². The first-order valence-corrected chi connectivity index (χ1v) is 7.73. The quantitative estimate of drug-likeness (QED) is 0.566. The van der Waals surface area contributed by atoms with E-state index in [0.717, 1.165) is 19.3 Å². The molecule has 2 aliphatic carbocycles. The van der Waals surface area contributed by atoms with E-state index in [2.05, 4.69) is 43.3 Å². The van der Waals surface area contributed by atoms with Crippen molar-refractivity contribution >= 4 is 15.9 Å². The molecule has 0 bridgehead atoms. The summed E-state index contributed by atoms with van der Waals surface area (Å²) in [6.07, 6.45) is 5.59. The van der Waals surface area contributed by atoms with Crippen molar-refractivity contribution in [3.63, 3.8) is 0 Å². The molecule has 0 saturated heterocycles. The summed E-state index contributed by atoms with van der Waals surface area (Å²) in [6, 6.07) is 0. The second kappa shape index (κ2) is 4.38. The summed E-state index contributed by atoms with van der Waals surface area (Å²) in [6.45, 7) is 10.7. The molecule has 0 unspecified atom stereocenters. The lowest BCUT2D eigenvalue weighted by molar-refractivity contribution is -0.170. The number of aliphatic hydroxyl groups is 1. The molecule has 17 heavy (non-hydrogen) atoms. The van der Waals surface area contributed by atoms with Crippen molar-refractivity contribution < 1.29 is 5.11 Å². The van der Waals surface area contributed by atoms with Crippen LogP contribution in [0.15, 0.2) is 12.2 Å². The molecule has 2 aliphatic rings. The third kappa shape index (κ3) is 2.02. The van der Waals surface area contributed by atoms with E-state index in [-0.39, 0.29) is 5.41 Å². The Bertz CT molecular complexity index is 327. The summed E-state index contributed by atoms with van der Waals surface area (Å²) in [7, 11) is 0. The molecule has 0 aromatic heterocycles. The summed E-state index contributed by atoms with van der Waals surface area (Å²) in [5.74, 6) is 0.844. The van der Waals surface area contributed by atoms with Crippen molar-refractivity contribution in [3.8, 4) is 0 Å². The smallest absolute Gasteiger partial charge is 0.0742 e. The van der Waals surface area contributed by atoms with E-state index in [1.807, 2.05) is 0 Å². The molecule has 0 amide bonds. The standard InChI is InChI=1S/C15H25BrO/c1-10(2)12-5-7-14(4)8-6-13(16)11(3)15(14,17)9-12/h11-13,17H,1,5-9H2,2-4H3/t11-,12+,13+,14-,15-/m0/s1. The highest BCUT2D eigenvalue weighted by molar-refractivity contribution is 9.09. The summed E-state index contributed by atoms with van der Waals surface area (Å²) in [5, 5.41) is 11.2. The maximum atomic E-state index is 11.2. The van der Waals surface area contributed by atoms with Gasteiger partial charge in [-0.1, -0.05) is 41.9 Å². The fourth-order valence-electron chi connectivity index (χ4n) is 3.94. The van der Waals surface area contributed by atoms with Gasteiger partial charge in [0.1, 0.15) is 0 Å². The van der Waals surface area contributed by atoms with Gasteiger partial charge in [0.05, 0.1) is 5.60 Å². The lowest BCUT2D eigenvalue weighted by Crippen LogP contribution is -2.60. The van der Waals surface area contributed by atoms with Crippen LogP contribution in [0.3, 0.4) is 0 Å². The minimum Gasteiger partial charge on any atom is -0.389 e. The van der Waals surface area contributed by atoms with E-state index in [1.54, 1.807) is 0 Å². The van der Waals surface area contributed by atoms with Crippen LogP contribution in [-0.4, -0.2) is 15.5 Å². The number of fused-ring (bicyclic) bond motifs is 1. The van der Waals surface area contributed by atoms with Gasteiger partial charge in [-0.05, 0) is 56.3 Å². The average molecular weight is 301 g/mol. The van der Waals surface area contributed by atoms with Gasteiger partial charge in [-0.15, -0.1) is 0 Å². The van der Waals surface area contributed by atoms with Gasteiger partial charge in [0.25, 0.3) is 0 Å². The van der Waals surface area contributed by atoms with Crippen molar-refractivity contribution in [1.82, 2.24) is 0 Å². The Labute approximate surface area is 114 Å². The molecule has 0 aromatic rings. The second-order valence-electron chi connectivity index (χ2n) is 6.61. The topological polar surface area (TPSA) is 20.2 Å². The van der Waals surface area contributed by atoms with Crippen LogP contribution < -0.4 is 0 Å². The number of alkyl halides is 1. The van der Waals surface area contributed by atoms with Crippen molar-refractivity contribution in [3.05, 3.63) is 12.2 Å². The van der Waals surface area contributed by atoms with Gasteiger partial charge in [0, 0.05) is 4.83 Å². The molecule has 0 radical (unpaired) electrons. The molecule has 1 N–H and O–H groups in total. The zero-order chi connectivity index (χ0) is 12.8. The largest absolute Gasteiger partial charge is 0.389 e. The van der Waals surface area contributed by atoms with Gasteiger partial charge in [-0.3, -0.25) is 0 Å². The highest BCUT2D eigenvalue weighted by atomic mass is 79.9. The molecule has 0 heterocycles. The summed E-state index contributed by atoms with van der Waals surface area (Å²) in [5.41, 5.74) is 0.841. The maximum absolute atomic E-state index is 11.2. The number of allylic oxidation sites excluding steroid dienone is 1. The van der Waals surface area contributed by atoms with Crippen molar-refractivity contribution in [1.29, 1.82) is 0 Å². The van der Waals surface area contributed by atoms with Crippen LogP contribution in [-0.2, 0) is 0 Å². The predicted molar refractivity (Wildman–Crippen MR) is 76.3 cm³/mol. The summed E-state index contributed by atoms with van der Waals surface area (Å²) >= 11 is 3.75. The fraction of sp³-hybridized carbons (Fsp3) is 0.867. The highest BCUT2D eigenvalue weighted by Gasteiger charge is 2.57. The van der Waals surface area contributed by atoms with Crippen LogP contribution in [0.5, 0.6) is 0 Å². The molecular formula is C15H25BrO. The molecule has 0 spiro atoms. The van der Waals surface area contributed by atoms with Gasteiger partial charge < -0.3 is 5.11 Å². The van der Waals surface area contributed by atoms with Crippen LogP contribution in [0.2, 0.25) is 0 Å². The lowest BCUT2D eigenvalue weighted by Gasteiger charge is -2.58. The lowest BCUT2D eigenvalue weighted by atomic mass is 9.51. The van der Waals surface area contributed by atoms with Crippen molar-refractivity contribution in [2.24, 2.45) is 17.3 Å². The van der Waals surface area contributed by atoms with Crippen LogP contribution in [0.4, 0.5) is 0 Å². The highest BCUT2D eigenvalue weighted by Crippen LogP contribution is 2.58. The van der Waals surface area contributed by atoms with E-state index in [0.29, 0.717) is 16.7 Å². The van der Waals surface area contributed by atoms with Crippen molar-refractivity contribution in [2.75, 3.05) is 0 Å². The van der Waals surface area contributed by atoms with Gasteiger partial charge in [0.2, 0.25) is 0 Å². The second-order valence-corrected chi connectivity index (χ2v) is 7.79. The number of rotatable bonds is 1. The molecule has 2 rings (SSSR count). The molecule has 5 atom stereocenters. The molecule has 0 aromatic carbocycles. The van der Waals surface area contributed by atoms with Gasteiger partial charge in [-0.25, -0.2) is 0 Å². The molecule has 0 aliphatic heterocycles. The van der Waals surface area contributed by atoms with Gasteiger partial charge >= 0.3 is 0 Å². The third-order valence-corrected chi connectivity index (χ3v) is 6.86. The predicted octanol–water partition coefficient (Wildman–Crippen LogP) is 4.29. The first-order valence-electron chi connectivity index (χ1n) is 6.82. The SMILES string of the molecule is C=C(C)[C@@H]1CC[C@@]2(C)CC[C@@H](Br)[C@H](C)[C@@]2(O)C1. The Morgan fingerprint density at radius 3 is 2.53 bits per heavy atom. The maximum Gasteiger partial charge on any atom is 0.0742 e. The Morgan fingerprint density at radius 1 is 1.35 bits per heavy atom. The average Bonchev–Trinajstić information content (AvgIpc) is 2.27. The van der Waals surface area contributed by atoms with Crippen LogP contribution in [0, 0.1) is 17.3 Å². The third-order valence-electron chi connectivity index (χ3n) is 5.61. The Balaban J connectivity index is 2.29. The van der Waals surface area contributed by atoms with Crippen LogP contribution in [0.1, 0.15) is 52.9 Å². The molecular weight excluding hydrogens is 276 g/mol. The number of hydrogen-bond acceptors (Lipinski definition) is 1. The molecule has 1 nitrogen and oxygen atoms in total. The normalized spacial score (nSPS) is 50.8. The monoisotopic (exact) mass is 300 g/mol.